The van der Waals surface area contributed by atoms with E-state index in [1.165, 1.54) is 0 Å². The van der Waals surface area contributed by atoms with Gasteiger partial charge in [-0.3, -0.25) is 9.48 Å². The first-order valence-electron chi connectivity index (χ1n) is 11.0. The number of nitriles is 1. The van der Waals surface area contributed by atoms with E-state index in [0.29, 0.717) is 41.3 Å². The van der Waals surface area contributed by atoms with Crippen LogP contribution in [-0.4, -0.2) is 51.8 Å². The summed E-state index contributed by atoms with van der Waals surface area (Å²) in [5, 5.41) is 14.3. The van der Waals surface area contributed by atoms with E-state index >= 15 is 0 Å². The number of aryl methyl sites for hydroxylation is 2. The molecule has 0 saturated carbocycles. The van der Waals surface area contributed by atoms with Crippen LogP contribution in [-0.2, 0) is 7.05 Å². The number of carbonyl (C=O) groups is 1. The Morgan fingerprint density at radius 3 is 2.67 bits per heavy atom. The molecule has 0 bridgehead atoms. The van der Waals surface area contributed by atoms with Crippen molar-refractivity contribution in [3.63, 3.8) is 0 Å². The van der Waals surface area contributed by atoms with Crippen LogP contribution in [0.5, 0.6) is 0 Å². The van der Waals surface area contributed by atoms with Crippen LogP contribution in [0.2, 0.25) is 0 Å². The summed E-state index contributed by atoms with van der Waals surface area (Å²) in [6.07, 6.45) is 2.46. The number of furan rings is 1. The van der Waals surface area contributed by atoms with Gasteiger partial charge in [-0.05, 0) is 55.8 Å². The molecule has 1 aliphatic heterocycles. The maximum absolute atomic E-state index is 13.8. The smallest absolute Gasteiger partial charge is 0.254 e. The van der Waals surface area contributed by atoms with Crippen LogP contribution in [0.25, 0.3) is 22.5 Å². The maximum atomic E-state index is 13.8. The fourth-order valence-electron chi connectivity index (χ4n) is 4.46. The highest BCUT2D eigenvalue weighted by molar-refractivity contribution is 6.07. The number of pyridine rings is 1. The summed E-state index contributed by atoms with van der Waals surface area (Å²) in [4.78, 5) is 22.6. The van der Waals surface area contributed by atoms with Crippen molar-refractivity contribution in [3.8, 4) is 17.5 Å². The summed E-state index contributed by atoms with van der Waals surface area (Å²) in [5.41, 5.74) is 4.38. The molecule has 8 heteroatoms. The van der Waals surface area contributed by atoms with Gasteiger partial charge in [0.1, 0.15) is 5.69 Å². The summed E-state index contributed by atoms with van der Waals surface area (Å²) in [5.74, 6) is 0.598. The van der Waals surface area contributed by atoms with Crippen molar-refractivity contribution in [3.05, 3.63) is 65.5 Å². The predicted molar refractivity (Wildman–Crippen MR) is 125 cm³/mol. The van der Waals surface area contributed by atoms with Crippen LogP contribution in [0.1, 0.15) is 28.0 Å². The van der Waals surface area contributed by atoms with Gasteiger partial charge in [0, 0.05) is 38.9 Å². The van der Waals surface area contributed by atoms with Gasteiger partial charge in [-0.2, -0.15) is 10.4 Å². The zero-order valence-corrected chi connectivity index (χ0v) is 18.7. The Kier molecular flexibility index (Phi) is 5.31. The Hall–Kier alpha value is -4.12. The van der Waals surface area contributed by atoms with Gasteiger partial charge in [-0.25, -0.2) is 4.98 Å². The molecule has 4 heterocycles. The molecule has 33 heavy (non-hydrogen) atoms. The third-order valence-electron chi connectivity index (χ3n) is 6.12. The molecule has 0 unspecified atom stereocenters. The number of benzene rings is 1. The fraction of sp³-hybridized carbons (Fsp3) is 0.280. The van der Waals surface area contributed by atoms with Crippen molar-refractivity contribution in [1.82, 2.24) is 19.7 Å². The Morgan fingerprint density at radius 2 is 1.94 bits per heavy atom. The lowest BCUT2D eigenvalue weighted by molar-refractivity contribution is 0.0769. The first-order valence-corrected chi connectivity index (χ1v) is 11.0. The molecule has 0 radical (unpaired) electrons. The van der Waals surface area contributed by atoms with E-state index in [1.54, 1.807) is 10.9 Å². The maximum Gasteiger partial charge on any atom is 0.254 e. The number of fused-ring (bicyclic) bond motifs is 1. The van der Waals surface area contributed by atoms with Gasteiger partial charge in [-0.15, -0.1) is 0 Å². The highest BCUT2D eigenvalue weighted by Gasteiger charge is 2.25. The Bertz CT molecular complexity index is 1350. The van der Waals surface area contributed by atoms with E-state index in [1.807, 2.05) is 61.3 Å². The monoisotopic (exact) mass is 440 g/mol. The number of nitrogens with zero attached hydrogens (tertiary/aromatic N) is 6. The molecule has 1 saturated heterocycles. The average molecular weight is 441 g/mol. The Balaban J connectivity index is 1.45. The number of anilines is 1. The molecule has 8 nitrogen and oxygen atoms in total. The second kappa shape index (κ2) is 8.43. The van der Waals surface area contributed by atoms with E-state index in [9.17, 15) is 4.79 Å². The number of rotatable bonds is 3. The van der Waals surface area contributed by atoms with Crippen molar-refractivity contribution in [2.24, 2.45) is 7.05 Å². The SMILES string of the molecule is Cc1nn(C)c2nc(-c3ccco3)cc(C(=O)N3CCCN(c4ccc(C#N)cc4)CC3)c12. The molecule has 1 fully saturated rings. The molecule has 4 aromatic rings. The van der Waals surface area contributed by atoms with Gasteiger partial charge < -0.3 is 14.2 Å². The third-order valence-corrected chi connectivity index (χ3v) is 6.12. The molecule has 3 aromatic heterocycles. The molecular formula is C25H24N6O2. The van der Waals surface area contributed by atoms with Crippen LogP contribution < -0.4 is 4.90 Å². The summed E-state index contributed by atoms with van der Waals surface area (Å²) < 4.78 is 7.26. The van der Waals surface area contributed by atoms with Crippen molar-refractivity contribution >= 4 is 22.6 Å². The van der Waals surface area contributed by atoms with E-state index in [-0.39, 0.29) is 5.91 Å². The van der Waals surface area contributed by atoms with Gasteiger partial charge >= 0.3 is 0 Å². The van der Waals surface area contributed by atoms with E-state index in [4.69, 9.17) is 14.7 Å². The van der Waals surface area contributed by atoms with Crippen LogP contribution in [0.15, 0.2) is 53.1 Å². The second-order valence-corrected chi connectivity index (χ2v) is 8.23. The Labute approximate surface area is 191 Å². The zero-order valence-electron chi connectivity index (χ0n) is 18.7. The minimum atomic E-state index is -0.0204. The summed E-state index contributed by atoms with van der Waals surface area (Å²) >= 11 is 0. The van der Waals surface area contributed by atoms with Crippen LogP contribution in [0, 0.1) is 18.3 Å². The Morgan fingerprint density at radius 1 is 1.12 bits per heavy atom. The van der Waals surface area contributed by atoms with Gasteiger partial charge in [0.25, 0.3) is 5.91 Å². The number of aromatic nitrogens is 3. The zero-order chi connectivity index (χ0) is 22.9. The summed E-state index contributed by atoms with van der Waals surface area (Å²) in [6.45, 7) is 4.76. The van der Waals surface area contributed by atoms with Gasteiger partial charge in [0.2, 0.25) is 0 Å². The first-order chi connectivity index (χ1) is 16.0. The lowest BCUT2D eigenvalue weighted by atomic mass is 10.1. The van der Waals surface area contributed by atoms with Crippen molar-refractivity contribution in [2.75, 3.05) is 31.1 Å². The quantitative estimate of drug-likeness (QED) is 0.482. The van der Waals surface area contributed by atoms with Crippen LogP contribution in [0.4, 0.5) is 5.69 Å². The van der Waals surface area contributed by atoms with Crippen LogP contribution in [0.3, 0.4) is 0 Å². The molecule has 0 spiro atoms. The molecule has 1 aromatic carbocycles. The normalized spacial score (nSPS) is 14.3. The molecular weight excluding hydrogens is 416 g/mol. The standard InChI is InChI=1S/C25H24N6O2/c1-17-23-20(15-21(22-5-3-14-33-22)27-24(23)29(2)28-17)25(32)31-11-4-10-30(12-13-31)19-8-6-18(16-26)7-9-19/h3,5-9,14-15H,4,10-13H2,1-2H3. The molecule has 1 amide bonds. The van der Waals surface area contributed by atoms with E-state index in [2.05, 4.69) is 16.1 Å². The first kappa shape index (κ1) is 20.8. The molecule has 0 atom stereocenters. The second-order valence-electron chi connectivity index (χ2n) is 8.23. The average Bonchev–Trinajstić information content (AvgIpc) is 3.39. The third kappa shape index (κ3) is 3.82. The van der Waals surface area contributed by atoms with E-state index < -0.39 is 0 Å². The molecule has 5 rings (SSSR count). The van der Waals surface area contributed by atoms with Crippen LogP contribution >= 0.6 is 0 Å². The molecule has 1 aliphatic rings. The molecule has 0 aliphatic carbocycles. The number of carbonyl (C=O) groups excluding carboxylic acids is 1. The minimum absolute atomic E-state index is 0.0204. The lowest BCUT2D eigenvalue weighted by Gasteiger charge is -2.24. The number of hydrogen-bond acceptors (Lipinski definition) is 6. The lowest BCUT2D eigenvalue weighted by Crippen LogP contribution is -2.35. The van der Waals surface area contributed by atoms with Gasteiger partial charge in [-0.1, -0.05) is 0 Å². The number of amides is 1. The predicted octanol–water partition coefficient (Wildman–Crippen LogP) is 3.76. The largest absolute Gasteiger partial charge is 0.463 e. The number of hydrogen-bond donors (Lipinski definition) is 0. The van der Waals surface area contributed by atoms with Crippen molar-refractivity contribution in [2.45, 2.75) is 13.3 Å². The van der Waals surface area contributed by atoms with Gasteiger partial charge in [0.05, 0.1) is 34.5 Å². The molecule has 166 valence electrons. The molecule has 0 N–H and O–H groups in total. The topological polar surface area (TPSA) is 91.2 Å². The van der Waals surface area contributed by atoms with E-state index in [0.717, 1.165) is 36.3 Å². The minimum Gasteiger partial charge on any atom is -0.463 e. The highest BCUT2D eigenvalue weighted by Crippen LogP contribution is 2.28. The van der Waals surface area contributed by atoms with Crippen molar-refractivity contribution in [1.29, 1.82) is 5.26 Å². The fourth-order valence-corrected chi connectivity index (χ4v) is 4.46. The summed E-state index contributed by atoms with van der Waals surface area (Å²) in [7, 11) is 1.84. The van der Waals surface area contributed by atoms with Gasteiger partial charge in [0.15, 0.2) is 11.4 Å². The highest BCUT2D eigenvalue weighted by atomic mass is 16.3. The summed E-state index contributed by atoms with van der Waals surface area (Å²) in [6, 6.07) is 15.2. The van der Waals surface area contributed by atoms with Crippen molar-refractivity contribution < 1.29 is 9.21 Å².